The molecule has 1 aromatic rings. The second-order valence-electron chi connectivity index (χ2n) is 4.57. The monoisotopic (exact) mass is 275 g/mol. The molecule has 0 amide bonds. The number of rotatable bonds is 7. The van der Waals surface area contributed by atoms with Gasteiger partial charge >= 0.3 is 0 Å². The van der Waals surface area contributed by atoms with Gasteiger partial charge in [0.2, 0.25) is 0 Å². The third-order valence-electron chi connectivity index (χ3n) is 2.97. The lowest BCUT2D eigenvalue weighted by Crippen LogP contribution is -2.21. The van der Waals surface area contributed by atoms with Gasteiger partial charge in [0.05, 0.1) is 0 Å². The summed E-state index contributed by atoms with van der Waals surface area (Å²) in [7, 11) is 1.72. The molecule has 0 saturated carbocycles. The zero-order valence-corrected chi connectivity index (χ0v) is 11.5. The predicted octanol–water partition coefficient (Wildman–Crippen LogP) is 3.37. The average Bonchev–Trinajstić information content (AvgIpc) is 2.30. The molecule has 0 spiro atoms. The second kappa shape index (κ2) is 7.50. The molecule has 0 aliphatic rings. The first kappa shape index (κ1) is 16.0. The Labute approximate surface area is 112 Å². The summed E-state index contributed by atoms with van der Waals surface area (Å²) in [4.78, 5) is 0. The highest BCUT2D eigenvalue weighted by atomic mass is 19.3. The Morgan fingerprint density at radius 2 is 1.95 bits per heavy atom. The van der Waals surface area contributed by atoms with Crippen LogP contribution in [0.1, 0.15) is 29.2 Å². The van der Waals surface area contributed by atoms with Crippen molar-refractivity contribution in [2.45, 2.75) is 32.7 Å². The maximum Gasteiger partial charge on any atom is 0.261 e. The van der Waals surface area contributed by atoms with Gasteiger partial charge in [0.15, 0.2) is 0 Å². The van der Waals surface area contributed by atoms with E-state index in [0.29, 0.717) is 12.0 Å². The standard InChI is InChI=1S/C14H20F3NO/c1-9-6-10(2)14(11(15)7-9)12(18-3)4-5-19-8-13(16)17/h6-7,12-13,18H,4-5,8H2,1-3H3. The normalized spacial score (nSPS) is 13.0. The van der Waals surface area contributed by atoms with Crippen LogP contribution in [0.2, 0.25) is 0 Å². The summed E-state index contributed by atoms with van der Waals surface area (Å²) >= 11 is 0. The van der Waals surface area contributed by atoms with Crippen LogP contribution in [0.3, 0.4) is 0 Å². The minimum atomic E-state index is -2.47. The third kappa shape index (κ3) is 4.84. The topological polar surface area (TPSA) is 21.3 Å². The maximum absolute atomic E-state index is 14.0. The summed E-state index contributed by atoms with van der Waals surface area (Å²) in [5.74, 6) is -0.272. The summed E-state index contributed by atoms with van der Waals surface area (Å²) in [6.45, 7) is 3.27. The highest BCUT2D eigenvalue weighted by Gasteiger charge is 2.17. The maximum atomic E-state index is 14.0. The zero-order chi connectivity index (χ0) is 14.4. The lowest BCUT2D eigenvalue weighted by Gasteiger charge is -2.20. The van der Waals surface area contributed by atoms with Crippen molar-refractivity contribution in [3.8, 4) is 0 Å². The number of ether oxygens (including phenoxy) is 1. The van der Waals surface area contributed by atoms with Gasteiger partial charge in [-0.05, 0) is 44.5 Å². The lowest BCUT2D eigenvalue weighted by molar-refractivity contribution is 0.0144. The van der Waals surface area contributed by atoms with Crippen molar-refractivity contribution >= 4 is 0 Å². The van der Waals surface area contributed by atoms with E-state index in [1.165, 1.54) is 6.07 Å². The number of halogens is 3. The Hall–Kier alpha value is -1.07. The van der Waals surface area contributed by atoms with Crippen LogP contribution in [-0.4, -0.2) is 26.7 Å². The highest BCUT2D eigenvalue weighted by molar-refractivity contribution is 5.34. The van der Waals surface area contributed by atoms with Crippen LogP contribution in [0.4, 0.5) is 13.2 Å². The summed E-state index contributed by atoms with van der Waals surface area (Å²) in [5.41, 5.74) is 2.29. The Morgan fingerprint density at radius 1 is 1.26 bits per heavy atom. The molecule has 5 heteroatoms. The van der Waals surface area contributed by atoms with E-state index < -0.39 is 13.0 Å². The van der Waals surface area contributed by atoms with Crippen LogP contribution in [0.5, 0.6) is 0 Å². The fourth-order valence-corrected chi connectivity index (χ4v) is 2.17. The van der Waals surface area contributed by atoms with E-state index in [-0.39, 0.29) is 18.5 Å². The number of hydrogen-bond donors (Lipinski definition) is 1. The van der Waals surface area contributed by atoms with E-state index >= 15 is 0 Å². The summed E-state index contributed by atoms with van der Waals surface area (Å²) in [6, 6.07) is 3.15. The van der Waals surface area contributed by atoms with E-state index in [9.17, 15) is 13.2 Å². The molecule has 1 N–H and O–H groups in total. The number of alkyl halides is 2. The minimum Gasteiger partial charge on any atom is -0.375 e. The van der Waals surface area contributed by atoms with Crippen molar-refractivity contribution in [3.05, 3.63) is 34.6 Å². The van der Waals surface area contributed by atoms with Crippen LogP contribution < -0.4 is 5.32 Å². The van der Waals surface area contributed by atoms with Gasteiger partial charge in [0, 0.05) is 18.2 Å². The van der Waals surface area contributed by atoms with Gasteiger partial charge in [-0.15, -0.1) is 0 Å². The number of hydrogen-bond acceptors (Lipinski definition) is 2. The average molecular weight is 275 g/mol. The molecule has 1 atom stereocenters. The molecule has 0 aromatic heterocycles. The minimum absolute atomic E-state index is 0.169. The van der Waals surface area contributed by atoms with Crippen LogP contribution in [0, 0.1) is 19.7 Å². The molecule has 1 aromatic carbocycles. The molecule has 1 unspecified atom stereocenters. The number of aryl methyl sites for hydroxylation is 2. The van der Waals surface area contributed by atoms with Crippen LogP contribution in [-0.2, 0) is 4.74 Å². The molecule has 0 aliphatic carbocycles. The SMILES string of the molecule is CNC(CCOCC(F)F)c1c(C)cc(C)cc1F. The van der Waals surface area contributed by atoms with Gasteiger partial charge < -0.3 is 10.1 Å². The van der Waals surface area contributed by atoms with Gasteiger partial charge in [-0.3, -0.25) is 0 Å². The van der Waals surface area contributed by atoms with Crippen molar-refractivity contribution in [3.63, 3.8) is 0 Å². The second-order valence-corrected chi connectivity index (χ2v) is 4.57. The van der Waals surface area contributed by atoms with Gasteiger partial charge in [-0.1, -0.05) is 6.07 Å². The molecule has 108 valence electrons. The quantitative estimate of drug-likeness (QED) is 0.770. The van der Waals surface area contributed by atoms with E-state index in [0.717, 1.165) is 11.1 Å². The van der Waals surface area contributed by atoms with E-state index in [1.807, 2.05) is 19.9 Å². The first-order chi connectivity index (χ1) is 8.95. The molecule has 2 nitrogen and oxygen atoms in total. The van der Waals surface area contributed by atoms with Gasteiger partial charge in [-0.2, -0.15) is 0 Å². The lowest BCUT2D eigenvalue weighted by atomic mass is 9.96. The summed E-state index contributed by atoms with van der Waals surface area (Å²) < 4.78 is 42.7. The molecule has 0 bridgehead atoms. The Morgan fingerprint density at radius 3 is 2.47 bits per heavy atom. The number of benzene rings is 1. The Kier molecular flexibility index (Phi) is 6.31. The van der Waals surface area contributed by atoms with Crippen molar-refractivity contribution in [2.75, 3.05) is 20.3 Å². The molecule has 1 rings (SSSR count). The largest absolute Gasteiger partial charge is 0.375 e. The molecule has 19 heavy (non-hydrogen) atoms. The zero-order valence-electron chi connectivity index (χ0n) is 11.5. The smallest absolute Gasteiger partial charge is 0.261 e. The fraction of sp³-hybridized carbons (Fsp3) is 0.571. The van der Waals surface area contributed by atoms with Crippen LogP contribution in [0.25, 0.3) is 0 Å². The van der Waals surface area contributed by atoms with Crippen molar-refractivity contribution < 1.29 is 17.9 Å². The third-order valence-corrected chi connectivity index (χ3v) is 2.97. The van der Waals surface area contributed by atoms with Crippen molar-refractivity contribution in [1.82, 2.24) is 5.32 Å². The van der Waals surface area contributed by atoms with Gasteiger partial charge in [0.1, 0.15) is 12.4 Å². The van der Waals surface area contributed by atoms with Gasteiger partial charge in [0.25, 0.3) is 6.43 Å². The number of nitrogens with one attached hydrogen (secondary N) is 1. The van der Waals surface area contributed by atoms with E-state index in [2.05, 4.69) is 5.32 Å². The van der Waals surface area contributed by atoms with E-state index in [1.54, 1.807) is 7.05 Å². The van der Waals surface area contributed by atoms with Crippen molar-refractivity contribution in [1.29, 1.82) is 0 Å². The van der Waals surface area contributed by atoms with Crippen LogP contribution in [0.15, 0.2) is 12.1 Å². The highest BCUT2D eigenvalue weighted by Crippen LogP contribution is 2.25. The Bertz CT molecular complexity index is 387. The molecule has 0 radical (unpaired) electrons. The Balaban J connectivity index is 2.69. The fourth-order valence-electron chi connectivity index (χ4n) is 2.17. The molecular formula is C14H20F3NO. The summed E-state index contributed by atoms with van der Waals surface area (Å²) in [6.07, 6.45) is -2.02. The first-order valence-electron chi connectivity index (χ1n) is 6.25. The first-order valence-corrected chi connectivity index (χ1v) is 6.25. The molecular weight excluding hydrogens is 255 g/mol. The van der Waals surface area contributed by atoms with Gasteiger partial charge in [-0.25, -0.2) is 13.2 Å². The molecule has 0 heterocycles. The molecule has 0 aliphatic heterocycles. The molecule has 0 saturated heterocycles. The summed E-state index contributed by atoms with van der Waals surface area (Å²) in [5, 5.41) is 3.00. The van der Waals surface area contributed by atoms with Crippen LogP contribution >= 0.6 is 0 Å². The van der Waals surface area contributed by atoms with E-state index in [4.69, 9.17) is 4.74 Å². The van der Waals surface area contributed by atoms with Crippen molar-refractivity contribution in [2.24, 2.45) is 0 Å². The molecule has 0 fully saturated rings. The predicted molar refractivity (Wildman–Crippen MR) is 69.1 cm³/mol.